The minimum Gasteiger partial charge on any atom is -0.450 e. The number of carbonyl (C=O) groups is 5. The highest BCUT2D eigenvalue weighted by atomic mass is 32.2. The summed E-state index contributed by atoms with van der Waals surface area (Å²) in [5.41, 5.74) is 0.176. The Morgan fingerprint density at radius 1 is 1.04 bits per heavy atom. The van der Waals surface area contributed by atoms with Crippen molar-refractivity contribution < 1.29 is 46.3 Å². The summed E-state index contributed by atoms with van der Waals surface area (Å²) in [5, 5.41) is 4.85. The Morgan fingerprint density at radius 3 is 2.51 bits per heavy atom. The van der Waals surface area contributed by atoms with Crippen LogP contribution in [0.5, 0.6) is 0 Å². The molecule has 53 heavy (non-hydrogen) atoms. The molecule has 5 atom stereocenters. The van der Waals surface area contributed by atoms with Crippen LogP contribution in [-0.2, 0) is 47.0 Å². The van der Waals surface area contributed by atoms with Crippen LogP contribution in [0, 0.1) is 17.7 Å². The predicted octanol–water partition coefficient (Wildman–Crippen LogP) is 3.40. The summed E-state index contributed by atoms with van der Waals surface area (Å²) in [5.74, 6) is -3.42. The maximum Gasteiger partial charge on any atom is 0.410 e. The Kier molecular flexibility index (Phi) is 10.3. The van der Waals surface area contributed by atoms with Crippen LogP contribution in [0.15, 0.2) is 30.9 Å². The minimum absolute atomic E-state index is 0.0189. The Balaban J connectivity index is 1.17. The van der Waals surface area contributed by atoms with E-state index < -0.39 is 80.6 Å². The van der Waals surface area contributed by atoms with E-state index in [4.69, 9.17) is 9.47 Å². The van der Waals surface area contributed by atoms with Gasteiger partial charge in [0.1, 0.15) is 29.5 Å². The van der Waals surface area contributed by atoms with Crippen LogP contribution in [0.1, 0.15) is 87.3 Å². The lowest BCUT2D eigenvalue weighted by atomic mass is 9.83. The number of hydrogen-bond acceptors (Lipinski definition) is 9. The summed E-state index contributed by atoms with van der Waals surface area (Å²) in [6, 6.07) is 0.720. The number of carbonyl (C=O) groups excluding carboxylic acids is 5. The van der Waals surface area contributed by atoms with Crippen molar-refractivity contribution in [2.45, 2.75) is 113 Å². The molecule has 14 nitrogen and oxygen atoms in total. The lowest BCUT2D eigenvalue weighted by Crippen LogP contribution is -2.59. The smallest absolute Gasteiger partial charge is 0.410 e. The maximum absolute atomic E-state index is 14.9. The van der Waals surface area contributed by atoms with Gasteiger partial charge in [0.15, 0.2) is 0 Å². The first kappa shape index (κ1) is 36.9. The van der Waals surface area contributed by atoms with E-state index >= 15 is 0 Å². The second-order valence-corrected chi connectivity index (χ2v) is 17.0. The van der Waals surface area contributed by atoms with E-state index in [1.807, 2.05) is 12.2 Å². The molecular formula is C37H46FN5O9S. The number of amides is 5. The van der Waals surface area contributed by atoms with Gasteiger partial charge >= 0.3 is 12.2 Å². The number of alkyl carbamates (subject to hydrolysis) is 1. The number of sulfonamides is 1. The van der Waals surface area contributed by atoms with Gasteiger partial charge in [-0.25, -0.2) is 22.4 Å². The van der Waals surface area contributed by atoms with Crippen molar-refractivity contribution in [3.8, 4) is 0 Å². The maximum atomic E-state index is 14.9. The third-order valence-corrected chi connectivity index (χ3v) is 13.3. The van der Waals surface area contributed by atoms with Crippen LogP contribution in [0.2, 0.25) is 0 Å². The second-order valence-electron chi connectivity index (χ2n) is 15.1. The van der Waals surface area contributed by atoms with Crippen molar-refractivity contribution in [1.29, 1.82) is 0 Å². The number of hydrogen-bond donors (Lipinski definition) is 3. The quantitative estimate of drug-likeness (QED) is 0.352. The number of benzene rings is 1. The average Bonchev–Trinajstić information content (AvgIpc) is 4.03. The first-order valence-corrected chi connectivity index (χ1v) is 20.1. The second kappa shape index (κ2) is 14.7. The van der Waals surface area contributed by atoms with Crippen LogP contribution < -0.4 is 15.4 Å². The SMILES string of the molecule is C=C[C@@H]1C[C@]1(NC(=O)[C@@H]1C[C@@H]2CN1C(=O)[C@H](C1CCCCC1)NC(=O)OCCCC=Cc1ccc(F)c3c1CN(C3)C(=O)O2)C(=O)NS(=O)(=O)C1CC1. The predicted molar refractivity (Wildman–Crippen MR) is 188 cm³/mol. The largest absolute Gasteiger partial charge is 0.450 e. The minimum atomic E-state index is -3.93. The molecule has 1 aromatic rings. The fraction of sp³-hybridized carbons (Fsp3) is 0.595. The van der Waals surface area contributed by atoms with Crippen molar-refractivity contribution in [2.24, 2.45) is 11.8 Å². The number of nitrogens with one attached hydrogen (secondary N) is 3. The van der Waals surface area contributed by atoms with Crippen molar-refractivity contribution in [2.75, 3.05) is 13.2 Å². The number of ether oxygens (including phenoxy) is 2. The lowest BCUT2D eigenvalue weighted by Gasteiger charge is -2.34. The van der Waals surface area contributed by atoms with Crippen LogP contribution in [0.3, 0.4) is 0 Å². The van der Waals surface area contributed by atoms with Gasteiger partial charge in [-0.05, 0) is 68.1 Å². The van der Waals surface area contributed by atoms with Gasteiger partial charge in [0, 0.05) is 17.9 Å². The normalized spacial score (nSPS) is 29.6. The molecule has 0 radical (unpaired) electrons. The van der Waals surface area contributed by atoms with Gasteiger partial charge in [-0.3, -0.25) is 24.0 Å². The highest BCUT2D eigenvalue weighted by Crippen LogP contribution is 2.45. The molecule has 0 aromatic heterocycles. The average molecular weight is 756 g/mol. The number of cyclic esters (lactones) is 1. The van der Waals surface area contributed by atoms with Crippen LogP contribution >= 0.6 is 0 Å². The van der Waals surface area contributed by atoms with E-state index in [0.29, 0.717) is 49.7 Å². The zero-order chi connectivity index (χ0) is 37.5. The Bertz CT molecular complexity index is 1830. The zero-order valence-corrected chi connectivity index (χ0v) is 30.3. The first-order chi connectivity index (χ1) is 25.4. The molecule has 3 heterocycles. The summed E-state index contributed by atoms with van der Waals surface area (Å²) in [7, 11) is -3.93. The number of rotatable bonds is 7. The Labute approximate surface area is 307 Å². The Hall–Kier alpha value is -4.47. The highest BCUT2D eigenvalue weighted by Gasteiger charge is 2.62. The van der Waals surface area contributed by atoms with E-state index in [2.05, 4.69) is 21.9 Å². The molecule has 6 aliphatic rings. The van der Waals surface area contributed by atoms with E-state index in [1.165, 1.54) is 21.9 Å². The molecule has 0 spiro atoms. The fourth-order valence-electron chi connectivity index (χ4n) is 8.15. The lowest BCUT2D eigenvalue weighted by molar-refractivity contribution is -0.142. The zero-order valence-electron chi connectivity index (χ0n) is 29.5. The molecule has 3 N–H and O–H groups in total. The van der Waals surface area contributed by atoms with Gasteiger partial charge in [0.25, 0.3) is 5.91 Å². The monoisotopic (exact) mass is 755 g/mol. The first-order valence-electron chi connectivity index (χ1n) is 18.6. The van der Waals surface area contributed by atoms with Crippen LogP contribution in [0.4, 0.5) is 14.0 Å². The van der Waals surface area contributed by atoms with Crippen LogP contribution in [-0.4, -0.2) is 90.3 Å². The molecule has 4 fully saturated rings. The van der Waals surface area contributed by atoms with Gasteiger partial charge in [0.2, 0.25) is 21.8 Å². The third-order valence-electron chi connectivity index (χ3n) is 11.4. The van der Waals surface area contributed by atoms with Gasteiger partial charge in [-0.15, -0.1) is 6.58 Å². The summed E-state index contributed by atoms with van der Waals surface area (Å²) in [4.78, 5) is 71.6. The highest BCUT2D eigenvalue weighted by molar-refractivity contribution is 7.91. The molecule has 1 saturated heterocycles. The Morgan fingerprint density at radius 2 is 1.79 bits per heavy atom. The molecular weight excluding hydrogens is 709 g/mol. The molecule has 3 aliphatic heterocycles. The molecule has 0 unspecified atom stereocenters. The molecule has 3 saturated carbocycles. The summed E-state index contributed by atoms with van der Waals surface area (Å²) in [6.45, 7) is 3.72. The summed E-state index contributed by atoms with van der Waals surface area (Å²) < 4.78 is 53.8. The number of halogens is 1. The van der Waals surface area contributed by atoms with Crippen LogP contribution in [0.25, 0.3) is 6.08 Å². The fourth-order valence-corrected chi connectivity index (χ4v) is 9.51. The molecule has 4 bridgehead atoms. The van der Waals surface area contributed by atoms with Crippen molar-refractivity contribution in [3.05, 3.63) is 53.4 Å². The van der Waals surface area contributed by atoms with Gasteiger partial charge in [-0.2, -0.15) is 0 Å². The van der Waals surface area contributed by atoms with Crippen molar-refractivity contribution in [3.63, 3.8) is 0 Å². The molecule has 3 aliphatic carbocycles. The van der Waals surface area contributed by atoms with Crippen molar-refractivity contribution >= 4 is 46.0 Å². The van der Waals surface area contributed by atoms with Gasteiger partial charge in [0.05, 0.1) is 31.5 Å². The number of allylic oxidation sites excluding steroid dienone is 1. The van der Waals surface area contributed by atoms with E-state index in [-0.39, 0.29) is 45.0 Å². The number of nitrogens with zero attached hydrogens (tertiary/aromatic N) is 2. The third kappa shape index (κ3) is 7.64. The van der Waals surface area contributed by atoms with E-state index in [1.54, 1.807) is 6.07 Å². The summed E-state index contributed by atoms with van der Waals surface area (Å²) in [6.07, 6.45) is 8.65. The van der Waals surface area contributed by atoms with Gasteiger partial charge < -0.3 is 25.0 Å². The topological polar surface area (TPSA) is 181 Å². The molecule has 286 valence electrons. The van der Waals surface area contributed by atoms with E-state index in [0.717, 1.165) is 24.8 Å². The summed E-state index contributed by atoms with van der Waals surface area (Å²) >= 11 is 0. The van der Waals surface area contributed by atoms with Crippen molar-refractivity contribution in [1.82, 2.24) is 25.2 Å². The molecule has 7 rings (SSSR count). The molecule has 16 heteroatoms. The van der Waals surface area contributed by atoms with E-state index in [9.17, 15) is 36.8 Å². The number of fused-ring (bicyclic) bond motifs is 3. The molecule has 5 amide bonds. The standard InChI is InChI=1S/C37H46FN5O9S/c1-2-24-18-37(24,34(46)41-53(49,50)26-13-14-26)40-32(44)30-17-25-19-43(30)33(45)31(23-10-5-3-6-11-23)39-35(47)51-16-8-4-7-9-22-12-15-29(38)28-21-42(20-27(22)28)36(48)52-25/h2,7,9,12,15,23-26,30-31H,1,3-6,8,10-11,13-14,16-21H2,(H,39,47)(H,40,44)(H,41,46)/t24-,25-,30+,31+,37-/m1/s1. The van der Waals surface area contributed by atoms with Gasteiger partial charge in [-0.1, -0.05) is 43.6 Å². The molecule has 1 aromatic carbocycles.